The molecule has 0 aliphatic rings. The van der Waals surface area contributed by atoms with Gasteiger partial charge in [-0.1, -0.05) is 13.0 Å². The van der Waals surface area contributed by atoms with E-state index in [1.54, 1.807) is 6.07 Å². The highest BCUT2D eigenvalue weighted by atomic mass is 32.2. The van der Waals surface area contributed by atoms with Gasteiger partial charge >= 0.3 is 0 Å². The topological polar surface area (TPSA) is 0 Å². The van der Waals surface area contributed by atoms with Crippen molar-refractivity contribution in [1.29, 1.82) is 0 Å². The Morgan fingerprint density at radius 2 is 2.18 bits per heavy atom. The van der Waals surface area contributed by atoms with Gasteiger partial charge in [-0.05, 0) is 30.4 Å². The second kappa shape index (κ2) is 3.77. The second-order valence-electron chi connectivity index (χ2n) is 2.37. The summed E-state index contributed by atoms with van der Waals surface area (Å²) in [6, 6.07) is 5.33. The number of hydrogen-bond acceptors (Lipinski definition) is 1. The molecule has 0 aliphatic carbocycles. The Kier molecular flexibility index (Phi) is 2.94. The Hall–Kier alpha value is -0.500. The lowest BCUT2D eigenvalue weighted by atomic mass is 10.2. The van der Waals surface area contributed by atoms with Crippen LogP contribution in [0.25, 0.3) is 0 Å². The average molecular weight is 170 g/mol. The lowest BCUT2D eigenvalue weighted by molar-refractivity contribution is 0.601. The number of aryl methyl sites for hydroxylation is 1. The van der Waals surface area contributed by atoms with Gasteiger partial charge in [-0.15, -0.1) is 11.8 Å². The molecular formula is C9H11FS. The summed E-state index contributed by atoms with van der Waals surface area (Å²) in [5.74, 6) is 0.817. The third kappa shape index (κ3) is 2.22. The molecule has 0 unspecified atom stereocenters. The molecule has 0 spiro atoms. The fourth-order valence-corrected chi connectivity index (χ4v) is 1.55. The van der Waals surface area contributed by atoms with Crippen LogP contribution in [0.1, 0.15) is 12.5 Å². The van der Waals surface area contributed by atoms with E-state index < -0.39 is 0 Å². The fourth-order valence-electron chi connectivity index (χ4n) is 0.878. The SMILES string of the molecule is CCSc1ccc(C)cc1F. The van der Waals surface area contributed by atoms with Gasteiger partial charge in [-0.25, -0.2) is 4.39 Å². The van der Waals surface area contributed by atoms with Gasteiger partial charge in [-0.3, -0.25) is 0 Å². The minimum Gasteiger partial charge on any atom is -0.206 e. The standard InChI is InChI=1S/C9H11FS/c1-3-11-9-5-4-7(2)6-8(9)10/h4-6H,3H2,1-2H3. The van der Waals surface area contributed by atoms with Gasteiger partial charge < -0.3 is 0 Å². The zero-order valence-electron chi connectivity index (χ0n) is 6.73. The molecule has 0 nitrogen and oxygen atoms in total. The van der Waals surface area contributed by atoms with E-state index in [9.17, 15) is 4.39 Å². The minimum absolute atomic E-state index is 0.100. The molecule has 2 heteroatoms. The lowest BCUT2D eigenvalue weighted by Crippen LogP contribution is -1.82. The van der Waals surface area contributed by atoms with Gasteiger partial charge in [0.1, 0.15) is 5.82 Å². The molecular weight excluding hydrogens is 159 g/mol. The summed E-state index contributed by atoms with van der Waals surface area (Å²) in [5.41, 5.74) is 0.975. The number of hydrogen-bond donors (Lipinski definition) is 0. The quantitative estimate of drug-likeness (QED) is 0.614. The maximum absolute atomic E-state index is 13.0. The van der Waals surface area contributed by atoms with Crippen molar-refractivity contribution in [2.24, 2.45) is 0 Å². The second-order valence-corrected chi connectivity index (χ2v) is 3.67. The van der Waals surface area contributed by atoms with Gasteiger partial charge in [0.25, 0.3) is 0 Å². The highest BCUT2D eigenvalue weighted by molar-refractivity contribution is 7.99. The van der Waals surface area contributed by atoms with E-state index in [-0.39, 0.29) is 5.82 Å². The van der Waals surface area contributed by atoms with Crippen LogP contribution in [-0.2, 0) is 0 Å². The van der Waals surface area contributed by atoms with Gasteiger partial charge in [0.2, 0.25) is 0 Å². The summed E-state index contributed by atoms with van der Waals surface area (Å²) in [5, 5.41) is 0. The Morgan fingerprint density at radius 3 is 2.73 bits per heavy atom. The number of rotatable bonds is 2. The number of benzene rings is 1. The third-order valence-electron chi connectivity index (χ3n) is 1.39. The molecule has 1 aromatic carbocycles. The van der Waals surface area contributed by atoms with Crippen molar-refractivity contribution in [2.45, 2.75) is 18.7 Å². The predicted molar refractivity (Wildman–Crippen MR) is 47.5 cm³/mol. The summed E-state index contributed by atoms with van der Waals surface area (Å²) in [7, 11) is 0. The van der Waals surface area contributed by atoms with Crippen LogP contribution in [0.3, 0.4) is 0 Å². The Morgan fingerprint density at radius 1 is 1.45 bits per heavy atom. The first-order chi connectivity index (χ1) is 5.24. The first-order valence-corrected chi connectivity index (χ1v) is 4.61. The monoisotopic (exact) mass is 170 g/mol. The van der Waals surface area contributed by atoms with Crippen LogP contribution in [-0.4, -0.2) is 5.75 Å². The summed E-state index contributed by atoms with van der Waals surface area (Å²) < 4.78 is 13.0. The largest absolute Gasteiger partial charge is 0.206 e. The third-order valence-corrected chi connectivity index (χ3v) is 2.32. The maximum atomic E-state index is 13.0. The van der Waals surface area contributed by atoms with Crippen molar-refractivity contribution < 1.29 is 4.39 Å². The molecule has 1 aromatic rings. The molecule has 0 fully saturated rings. The molecule has 0 aromatic heterocycles. The van der Waals surface area contributed by atoms with Crippen LogP contribution in [0.15, 0.2) is 23.1 Å². The molecule has 1 rings (SSSR count). The molecule has 0 saturated carbocycles. The smallest absolute Gasteiger partial charge is 0.137 e. The van der Waals surface area contributed by atoms with Crippen LogP contribution >= 0.6 is 11.8 Å². The van der Waals surface area contributed by atoms with E-state index in [2.05, 4.69) is 0 Å². The molecule has 11 heavy (non-hydrogen) atoms. The molecule has 0 amide bonds. The normalized spacial score (nSPS) is 10.1. The Bertz CT molecular complexity index is 245. The molecule has 0 atom stereocenters. The Balaban J connectivity index is 2.90. The van der Waals surface area contributed by atoms with Crippen LogP contribution in [0.4, 0.5) is 4.39 Å². The Labute approximate surface area is 70.8 Å². The molecule has 0 heterocycles. The van der Waals surface area contributed by atoms with E-state index in [0.717, 1.165) is 16.2 Å². The van der Waals surface area contributed by atoms with E-state index in [4.69, 9.17) is 0 Å². The van der Waals surface area contributed by atoms with E-state index >= 15 is 0 Å². The highest BCUT2D eigenvalue weighted by Crippen LogP contribution is 2.21. The summed E-state index contributed by atoms with van der Waals surface area (Å²) in [4.78, 5) is 0.748. The highest BCUT2D eigenvalue weighted by Gasteiger charge is 1.99. The van der Waals surface area contributed by atoms with Gasteiger partial charge in [-0.2, -0.15) is 0 Å². The molecule has 0 aliphatic heterocycles. The van der Waals surface area contributed by atoms with Gasteiger partial charge in [0, 0.05) is 4.90 Å². The molecule has 0 saturated heterocycles. The molecule has 0 radical (unpaired) electrons. The van der Waals surface area contributed by atoms with E-state index in [0.29, 0.717) is 0 Å². The van der Waals surface area contributed by atoms with E-state index in [1.165, 1.54) is 11.8 Å². The van der Waals surface area contributed by atoms with Crippen LogP contribution < -0.4 is 0 Å². The first kappa shape index (κ1) is 8.60. The minimum atomic E-state index is -0.100. The molecule has 0 N–H and O–H groups in total. The van der Waals surface area contributed by atoms with Gasteiger partial charge in [0.05, 0.1) is 0 Å². The van der Waals surface area contributed by atoms with Crippen molar-refractivity contribution in [2.75, 3.05) is 5.75 Å². The van der Waals surface area contributed by atoms with Crippen LogP contribution in [0.2, 0.25) is 0 Å². The molecule has 60 valence electrons. The van der Waals surface area contributed by atoms with Crippen molar-refractivity contribution >= 4 is 11.8 Å². The van der Waals surface area contributed by atoms with E-state index in [1.807, 2.05) is 26.0 Å². The average Bonchev–Trinajstić information content (AvgIpc) is 1.95. The van der Waals surface area contributed by atoms with Crippen LogP contribution in [0.5, 0.6) is 0 Å². The summed E-state index contributed by atoms with van der Waals surface area (Å²) in [6.07, 6.45) is 0. The predicted octanol–water partition coefficient (Wildman–Crippen LogP) is 3.25. The zero-order valence-corrected chi connectivity index (χ0v) is 7.54. The first-order valence-electron chi connectivity index (χ1n) is 3.63. The van der Waals surface area contributed by atoms with Crippen molar-refractivity contribution in [3.8, 4) is 0 Å². The lowest BCUT2D eigenvalue weighted by Gasteiger charge is -2.00. The molecule has 0 bridgehead atoms. The van der Waals surface area contributed by atoms with Crippen molar-refractivity contribution in [3.63, 3.8) is 0 Å². The number of thioether (sulfide) groups is 1. The zero-order chi connectivity index (χ0) is 8.27. The number of halogens is 1. The van der Waals surface area contributed by atoms with Crippen molar-refractivity contribution in [1.82, 2.24) is 0 Å². The van der Waals surface area contributed by atoms with Crippen LogP contribution in [0, 0.1) is 12.7 Å². The fraction of sp³-hybridized carbons (Fsp3) is 0.333. The summed E-state index contributed by atoms with van der Waals surface area (Å²) in [6.45, 7) is 3.91. The van der Waals surface area contributed by atoms with Gasteiger partial charge in [0.15, 0.2) is 0 Å². The van der Waals surface area contributed by atoms with Crippen molar-refractivity contribution in [3.05, 3.63) is 29.6 Å². The summed E-state index contributed by atoms with van der Waals surface area (Å²) >= 11 is 1.54. The maximum Gasteiger partial charge on any atom is 0.137 e.